The Morgan fingerprint density at radius 1 is 1.29 bits per heavy atom. The lowest BCUT2D eigenvalue weighted by Gasteiger charge is -2.27. The van der Waals surface area contributed by atoms with Crippen LogP contribution in [0.15, 0.2) is 16.6 Å². The minimum Gasteiger partial charge on any atom is -0.486 e. The molecule has 2 nitrogen and oxygen atoms in total. The number of fused-ring (bicyclic) bond motifs is 1. The topological polar surface area (TPSA) is 21.3 Å². The molecule has 0 aliphatic carbocycles. The maximum Gasteiger partial charge on any atom is 0.166 e. The summed E-state index contributed by atoms with van der Waals surface area (Å²) in [4.78, 5) is 0. The fraction of sp³-hybridized carbons (Fsp3) is 0.538. The van der Waals surface area contributed by atoms with Crippen LogP contribution in [0.3, 0.4) is 0 Å². The normalized spacial score (nSPS) is 24.5. The number of nitrogens with one attached hydrogen (secondary N) is 1. The number of rotatable bonds is 1. The Labute approximate surface area is 109 Å². The highest BCUT2D eigenvalue weighted by Crippen LogP contribution is 2.37. The molecule has 0 saturated carbocycles. The summed E-state index contributed by atoms with van der Waals surface area (Å²) in [5.41, 5.74) is 1.00. The van der Waals surface area contributed by atoms with Gasteiger partial charge in [-0.25, -0.2) is 4.39 Å². The lowest BCUT2D eigenvalue weighted by atomic mass is 9.90. The van der Waals surface area contributed by atoms with E-state index in [1.165, 1.54) is 6.07 Å². The fourth-order valence-electron chi connectivity index (χ4n) is 2.79. The quantitative estimate of drug-likeness (QED) is 0.861. The Kier molecular flexibility index (Phi) is 3.09. The van der Waals surface area contributed by atoms with Crippen molar-refractivity contribution in [2.24, 2.45) is 5.92 Å². The minimum absolute atomic E-state index is 0.163. The molecule has 0 spiro atoms. The second kappa shape index (κ2) is 4.58. The third kappa shape index (κ3) is 2.20. The molecule has 1 aromatic carbocycles. The van der Waals surface area contributed by atoms with Crippen molar-refractivity contribution in [2.75, 3.05) is 13.1 Å². The first-order chi connectivity index (χ1) is 8.24. The van der Waals surface area contributed by atoms with Crippen LogP contribution >= 0.6 is 15.9 Å². The molecular formula is C13H15BrFNO. The van der Waals surface area contributed by atoms with E-state index in [1.807, 2.05) is 6.07 Å². The van der Waals surface area contributed by atoms with Crippen LogP contribution in [0.4, 0.5) is 4.39 Å². The lowest BCUT2D eigenvalue weighted by Crippen LogP contribution is -2.36. The number of ether oxygens (including phenoxy) is 1. The average molecular weight is 300 g/mol. The van der Waals surface area contributed by atoms with E-state index in [9.17, 15) is 4.39 Å². The predicted molar refractivity (Wildman–Crippen MR) is 67.8 cm³/mol. The third-order valence-corrected chi connectivity index (χ3v) is 4.14. The van der Waals surface area contributed by atoms with Crippen LogP contribution in [0.25, 0.3) is 0 Å². The van der Waals surface area contributed by atoms with Crippen LogP contribution in [-0.4, -0.2) is 19.2 Å². The van der Waals surface area contributed by atoms with Gasteiger partial charge in [0.1, 0.15) is 6.10 Å². The summed E-state index contributed by atoms with van der Waals surface area (Å²) in [7, 11) is 0. The van der Waals surface area contributed by atoms with Crippen LogP contribution in [0, 0.1) is 11.7 Å². The molecule has 1 N–H and O–H groups in total. The Hall–Kier alpha value is -0.610. The number of halogens is 2. The van der Waals surface area contributed by atoms with Gasteiger partial charge in [-0.3, -0.25) is 0 Å². The van der Waals surface area contributed by atoms with Crippen molar-refractivity contribution in [3.63, 3.8) is 0 Å². The monoisotopic (exact) mass is 299 g/mol. The van der Waals surface area contributed by atoms with Gasteiger partial charge in [-0.05, 0) is 44.0 Å². The fourth-order valence-corrected chi connectivity index (χ4v) is 3.26. The highest BCUT2D eigenvalue weighted by atomic mass is 79.9. The highest BCUT2D eigenvalue weighted by molar-refractivity contribution is 9.10. The van der Waals surface area contributed by atoms with E-state index in [-0.39, 0.29) is 11.9 Å². The van der Waals surface area contributed by atoms with Crippen molar-refractivity contribution < 1.29 is 9.13 Å². The van der Waals surface area contributed by atoms with E-state index >= 15 is 0 Å². The molecule has 2 aliphatic heterocycles. The van der Waals surface area contributed by atoms with E-state index < -0.39 is 0 Å². The molecule has 92 valence electrons. The second-order valence-corrected chi connectivity index (χ2v) is 5.74. The summed E-state index contributed by atoms with van der Waals surface area (Å²) in [6.45, 7) is 2.10. The molecular weight excluding hydrogens is 285 g/mol. The van der Waals surface area contributed by atoms with Crippen molar-refractivity contribution in [1.82, 2.24) is 5.32 Å². The number of hydrogen-bond donors (Lipinski definition) is 1. The van der Waals surface area contributed by atoms with Crippen LogP contribution < -0.4 is 10.1 Å². The molecule has 0 radical (unpaired) electrons. The van der Waals surface area contributed by atoms with Crippen LogP contribution in [-0.2, 0) is 6.42 Å². The maximum atomic E-state index is 13.7. The van der Waals surface area contributed by atoms with Gasteiger partial charge in [0.15, 0.2) is 11.6 Å². The standard InChI is InChI=1S/C13H15BrFNO/c14-10-5-9-6-12(8-1-3-16-4-2-8)17-13(9)11(15)7-10/h5,7-8,12,16H,1-4,6H2. The van der Waals surface area contributed by atoms with E-state index in [0.29, 0.717) is 11.7 Å². The highest BCUT2D eigenvalue weighted by Gasteiger charge is 2.33. The van der Waals surface area contributed by atoms with E-state index in [0.717, 1.165) is 42.4 Å². The van der Waals surface area contributed by atoms with E-state index in [1.54, 1.807) is 0 Å². The second-order valence-electron chi connectivity index (χ2n) is 4.82. The largest absolute Gasteiger partial charge is 0.486 e. The molecule has 2 aliphatic rings. The number of benzene rings is 1. The molecule has 0 aromatic heterocycles. The first-order valence-electron chi connectivity index (χ1n) is 6.09. The Morgan fingerprint density at radius 3 is 2.82 bits per heavy atom. The zero-order valence-corrected chi connectivity index (χ0v) is 11.1. The summed E-state index contributed by atoms with van der Waals surface area (Å²) in [5, 5.41) is 3.34. The van der Waals surface area contributed by atoms with Gasteiger partial charge in [0.2, 0.25) is 0 Å². The van der Waals surface area contributed by atoms with Gasteiger partial charge in [-0.1, -0.05) is 15.9 Å². The van der Waals surface area contributed by atoms with Gasteiger partial charge in [0, 0.05) is 16.5 Å². The van der Waals surface area contributed by atoms with Crippen molar-refractivity contribution in [3.05, 3.63) is 28.0 Å². The van der Waals surface area contributed by atoms with Crippen LogP contribution in [0.5, 0.6) is 5.75 Å². The SMILES string of the molecule is Fc1cc(Br)cc2c1OC(C1CCNCC1)C2. The van der Waals surface area contributed by atoms with Crippen molar-refractivity contribution in [3.8, 4) is 5.75 Å². The zero-order valence-electron chi connectivity index (χ0n) is 9.51. The molecule has 4 heteroatoms. The molecule has 1 unspecified atom stereocenters. The van der Waals surface area contributed by atoms with Gasteiger partial charge in [-0.15, -0.1) is 0 Å². The minimum atomic E-state index is -0.245. The summed E-state index contributed by atoms with van der Waals surface area (Å²) >= 11 is 3.33. The molecule has 3 rings (SSSR count). The van der Waals surface area contributed by atoms with Gasteiger partial charge < -0.3 is 10.1 Å². The van der Waals surface area contributed by atoms with Crippen LogP contribution in [0.1, 0.15) is 18.4 Å². The summed E-state index contributed by atoms with van der Waals surface area (Å²) in [6.07, 6.45) is 3.26. The lowest BCUT2D eigenvalue weighted by molar-refractivity contribution is 0.130. The van der Waals surface area contributed by atoms with Crippen molar-refractivity contribution in [2.45, 2.75) is 25.4 Å². The maximum absolute atomic E-state index is 13.7. The molecule has 1 saturated heterocycles. The predicted octanol–water partition coefficient (Wildman–Crippen LogP) is 2.89. The third-order valence-electron chi connectivity index (χ3n) is 3.69. The Morgan fingerprint density at radius 2 is 2.06 bits per heavy atom. The Balaban J connectivity index is 1.80. The van der Waals surface area contributed by atoms with E-state index in [2.05, 4.69) is 21.2 Å². The summed E-state index contributed by atoms with van der Waals surface area (Å²) < 4.78 is 20.3. The zero-order chi connectivity index (χ0) is 11.8. The summed E-state index contributed by atoms with van der Waals surface area (Å²) in [6, 6.07) is 3.45. The smallest absolute Gasteiger partial charge is 0.166 e. The molecule has 17 heavy (non-hydrogen) atoms. The molecule has 1 fully saturated rings. The summed E-state index contributed by atoms with van der Waals surface area (Å²) in [5.74, 6) is 0.782. The molecule has 1 atom stereocenters. The first kappa shape index (κ1) is 11.5. The van der Waals surface area contributed by atoms with Crippen molar-refractivity contribution >= 4 is 15.9 Å². The van der Waals surface area contributed by atoms with E-state index in [4.69, 9.17) is 4.74 Å². The average Bonchev–Trinajstić information content (AvgIpc) is 2.74. The number of piperidine rings is 1. The van der Waals surface area contributed by atoms with Gasteiger partial charge >= 0.3 is 0 Å². The Bertz CT molecular complexity index is 432. The molecule has 0 amide bonds. The van der Waals surface area contributed by atoms with Gasteiger partial charge in [0.05, 0.1) is 0 Å². The van der Waals surface area contributed by atoms with Crippen molar-refractivity contribution in [1.29, 1.82) is 0 Å². The molecule has 1 aromatic rings. The van der Waals surface area contributed by atoms with Gasteiger partial charge in [0.25, 0.3) is 0 Å². The first-order valence-corrected chi connectivity index (χ1v) is 6.88. The molecule has 0 bridgehead atoms. The van der Waals surface area contributed by atoms with Crippen LogP contribution in [0.2, 0.25) is 0 Å². The van der Waals surface area contributed by atoms with Gasteiger partial charge in [-0.2, -0.15) is 0 Å². The number of hydrogen-bond acceptors (Lipinski definition) is 2. The molecule has 2 heterocycles.